The van der Waals surface area contributed by atoms with Crippen LogP contribution in [0.15, 0.2) is 215 Å². The summed E-state index contributed by atoms with van der Waals surface area (Å²) in [7, 11) is 0. The van der Waals surface area contributed by atoms with Gasteiger partial charge in [0.2, 0.25) is 0 Å². The van der Waals surface area contributed by atoms with E-state index in [9.17, 15) is 0 Å². The van der Waals surface area contributed by atoms with Gasteiger partial charge in [0.05, 0.1) is 16.7 Å². The van der Waals surface area contributed by atoms with Crippen LogP contribution in [0.25, 0.3) is 128 Å². The van der Waals surface area contributed by atoms with Gasteiger partial charge in [0.15, 0.2) is 23.1 Å². The molecule has 0 radical (unpaired) electrons. The number of nitrogens with zero attached hydrogens (tertiary/aromatic N) is 4. The fraction of sp³-hybridized carbons (Fsp3) is 0. The molecule has 0 aliphatic carbocycles. The van der Waals surface area contributed by atoms with Crippen molar-refractivity contribution in [2.45, 2.75) is 0 Å². The van der Waals surface area contributed by atoms with Crippen molar-refractivity contribution in [2.24, 2.45) is 0 Å². The number of furan rings is 2. The first-order valence-electron chi connectivity index (χ1n) is 21.1. The number of para-hydroxylation sites is 4. The first kappa shape index (κ1) is 35.2. The summed E-state index contributed by atoms with van der Waals surface area (Å²) in [5.74, 6) is 1.68. The second-order valence-corrected chi connectivity index (χ2v) is 15.9. The molecule has 0 aliphatic heterocycles. The van der Waals surface area contributed by atoms with Crippen LogP contribution in [0.5, 0.6) is 0 Å². The summed E-state index contributed by atoms with van der Waals surface area (Å²) in [6.45, 7) is 0. The molecule has 13 aromatic rings. The first-order valence-corrected chi connectivity index (χ1v) is 21.1. The second-order valence-electron chi connectivity index (χ2n) is 15.9. The number of hydrogen-bond acceptors (Lipinski definition) is 5. The van der Waals surface area contributed by atoms with Gasteiger partial charge < -0.3 is 13.4 Å². The predicted octanol–water partition coefficient (Wildman–Crippen LogP) is 15.1. The fourth-order valence-corrected chi connectivity index (χ4v) is 9.44. The average Bonchev–Trinajstić information content (AvgIpc) is 4.04. The molecule has 4 aromatic heterocycles. The van der Waals surface area contributed by atoms with Gasteiger partial charge in [-0.15, -0.1) is 0 Å². The Morgan fingerprint density at radius 3 is 1.70 bits per heavy atom. The van der Waals surface area contributed by atoms with Crippen molar-refractivity contribution in [3.63, 3.8) is 0 Å². The van der Waals surface area contributed by atoms with Crippen molar-refractivity contribution in [1.82, 2.24) is 19.5 Å². The molecule has 0 bridgehead atoms. The lowest BCUT2D eigenvalue weighted by molar-refractivity contribution is 0.666. The highest BCUT2D eigenvalue weighted by molar-refractivity contribution is 6.17. The van der Waals surface area contributed by atoms with Crippen molar-refractivity contribution in [1.29, 1.82) is 0 Å². The zero-order valence-electron chi connectivity index (χ0n) is 33.7. The van der Waals surface area contributed by atoms with E-state index in [0.29, 0.717) is 17.5 Å². The molecule has 0 amide bonds. The fourth-order valence-electron chi connectivity index (χ4n) is 9.44. The Balaban J connectivity index is 1.02. The summed E-state index contributed by atoms with van der Waals surface area (Å²) in [6, 6.07) is 71.3. The van der Waals surface area contributed by atoms with Crippen LogP contribution in [0.2, 0.25) is 0 Å². The number of benzene rings is 9. The Morgan fingerprint density at radius 1 is 0.333 bits per heavy atom. The molecule has 9 aromatic carbocycles. The van der Waals surface area contributed by atoms with Gasteiger partial charge >= 0.3 is 0 Å². The Morgan fingerprint density at radius 2 is 0.905 bits per heavy atom. The Kier molecular flexibility index (Phi) is 7.80. The van der Waals surface area contributed by atoms with Gasteiger partial charge in [0, 0.05) is 60.1 Å². The summed E-state index contributed by atoms with van der Waals surface area (Å²) in [5, 5.41) is 6.38. The monoisotopic (exact) mass is 806 g/mol. The molecule has 0 saturated heterocycles. The summed E-state index contributed by atoms with van der Waals surface area (Å²) in [6.07, 6.45) is 0. The lowest BCUT2D eigenvalue weighted by Gasteiger charge is -2.12. The van der Waals surface area contributed by atoms with Crippen LogP contribution in [-0.2, 0) is 0 Å². The molecule has 0 atom stereocenters. The molecule has 0 spiro atoms. The largest absolute Gasteiger partial charge is 0.455 e. The maximum Gasteiger partial charge on any atom is 0.164 e. The lowest BCUT2D eigenvalue weighted by atomic mass is 10.0. The van der Waals surface area contributed by atoms with E-state index >= 15 is 0 Å². The van der Waals surface area contributed by atoms with Crippen molar-refractivity contribution < 1.29 is 8.83 Å². The number of hydrogen-bond donors (Lipinski definition) is 0. The van der Waals surface area contributed by atoms with E-state index < -0.39 is 0 Å². The van der Waals surface area contributed by atoms with Crippen LogP contribution < -0.4 is 0 Å². The molecule has 6 heteroatoms. The first-order chi connectivity index (χ1) is 31.2. The molecule has 13 rings (SSSR count). The lowest BCUT2D eigenvalue weighted by Crippen LogP contribution is -2.00. The van der Waals surface area contributed by atoms with Crippen LogP contribution in [0, 0.1) is 0 Å². The molecular weight excluding hydrogens is 773 g/mol. The molecule has 0 saturated carbocycles. The van der Waals surface area contributed by atoms with Gasteiger partial charge in [-0.1, -0.05) is 176 Å². The number of aromatic nitrogens is 4. The SMILES string of the molecule is c1ccc(-c2nc(-c3ccc4c(c3)oc3c(-c5ccccc5)cccc34)nc(-c3cccc4oc5c(-n6c7ccccc7c7cccc(-c8ccccc8)c76)cccc5c34)n2)cc1. The van der Waals surface area contributed by atoms with Gasteiger partial charge in [0.1, 0.15) is 16.7 Å². The summed E-state index contributed by atoms with van der Waals surface area (Å²) < 4.78 is 16.0. The molecule has 0 fully saturated rings. The molecule has 0 unspecified atom stereocenters. The smallest absolute Gasteiger partial charge is 0.164 e. The highest BCUT2D eigenvalue weighted by Gasteiger charge is 2.23. The van der Waals surface area contributed by atoms with Crippen molar-refractivity contribution in [3.8, 4) is 62.1 Å². The molecule has 0 aliphatic rings. The molecular formula is C57H34N4O2. The quantitative estimate of drug-likeness (QED) is 0.167. The van der Waals surface area contributed by atoms with Gasteiger partial charge in [-0.2, -0.15) is 0 Å². The zero-order chi connectivity index (χ0) is 41.4. The van der Waals surface area contributed by atoms with Crippen LogP contribution in [-0.4, -0.2) is 19.5 Å². The Bertz CT molecular complexity index is 3900. The van der Waals surface area contributed by atoms with Gasteiger partial charge in [-0.25, -0.2) is 15.0 Å². The number of rotatable bonds is 6. The molecule has 4 heterocycles. The van der Waals surface area contributed by atoms with Crippen LogP contribution in [0.4, 0.5) is 0 Å². The van der Waals surface area contributed by atoms with Crippen molar-refractivity contribution in [3.05, 3.63) is 206 Å². The minimum atomic E-state index is 0.550. The summed E-state index contributed by atoms with van der Waals surface area (Å²) in [5.41, 5.74) is 13.4. The maximum atomic E-state index is 6.96. The van der Waals surface area contributed by atoms with E-state index in [0.717, 1.165) is 99.5 Å². The van der Waals surface area contributed by atoms with Crippen LogP contribution in [0.1, 0.15) is 0 Å². The maximum absolute atomic E-state index is 6.96. The standard InChI is InChI=1S/C57H34N4O2/c1-4-16-35(17-5-1)39-23-12-25-43-41-22-10-11-29-47(41)61(52(39)43)48-30-14-27-45-51-46(28-15-31-49(51)62-54(45)48)57-59-55(37-20-8-3-9-21-37)58-56(60-57)38-32-33-42-44-26-13-24-40(36-18-6-2-7-19-36)53(44)63-50(42)34-38/h1-34H. The highest BCUT2D eigenvalue weighted by atomic mass is 16.3. The van der Waals surface area contributed by atoms with Crippen LogP contribution >= 0.6 is 0 Å². The molecule has 0 N–H and O–H groups in total. The van der Waals surface area contributed by atoms with E-state index in [-0.39, 0.29) is 0 Å². The third-order valence-corrected chi connectivity index (χ3v) is 12.3. The molecule has 63 heavy (non-hydrogen) atoms. The van der Waals surface area contributed by atoms with Crippen molar-refractivity contribution >= 4 is 65.7 Å². The van der Waals surface area contributed by atoms with E-state index in [2.05, 4.69) is 156 Å². The predicted molar refractivity (Wildman–Crippen MR) is 256 cm³/mol. The van der Waals surface area contributed by atoms with E-state index in [1.54, 1.807) is 0 Å². The minimum Gasteiger partial charge on any atom is -0.455 e. The topological polar surface area (TPSA) is 69.9 Å². The third kappa shape index (κ3) is 5.55. The molecule has 6 nitrogen and oxygen atoms in total. The summed E-state index contributed by atoms with van der Waals surface area (Å²) in [4.78, 5) is 15.5. The average molecular weight is 807 g/mol. The Hall–Kier alpha value is -8.61. The zero-order valence-corrected chi connectivity index (χ0v) is 33.7. The minimum absolute atomic E-state index is 0.550. The van der Waals surface area contributed by atoms with Gasteiger partial charge in [0.25, 0.3) is 0 Å². The van der Waals surface area contributed by atoms with Crippen LogP contribution in [0.3, 0.4) is 0 Å². The summed E-state index contributed by atoms with van der Waals surface area (Å²) >= 11 is 0. The second kappa shape index (κ2) is 14.0. The van der Waals surface area contributed by atoms with E-state index in [1.165, 1.54) is 10.8 Å². The van der Waals surface area contributed by atoms with E-state index in [1.807, 2.05) is 54.6 Å². The normalized spacial score (nSPS) is 11.8. The Labute approximate surface area is 361 Å². The third-order valence-electron chi connectivity index (χ3n) is 12.3. The number of fused-ring (bicyclic) bond motifs is 9. The van der Waals surface area contributed by atoms with Gasteiger partial charge in [-0.05, 0) is 41.5 Å². The van der Waals surface area contributed by atoms with E-state index in [4.69, 9.17) is 23.8 Å². The van der Waals surface area contributed by atoms with Gasteiger partial charge in [-0.3, -0.25) is 0 Å². The highest BCUT2D eigenvalue weighted by Crippen LogP contribution is 2.44. The van der Waals surface area contributed by atoms with Crippen molar-refractivity contribution in [2.75, 3.05) is 0 Å². The molecule has 294 valence electrons.